The van der Waals surface area contributed by atoms with Gasteiger partial charge in [0.25, 0.3) is 0 Å². The second-order valence-corrected chi connectivity index (χ2v) is 5.93. The van der Waals surface area contributed by atoms with Gasteiger partial charge in [0.05, 0.1) is 0 Å². The van der Waals surface area contributed by atoms with Gasteiger partial charge in [0.15, 0.2) is 0 Å². The summed E-state index contributed by atoms with van der Waals surface area (Å²) in [5.41, 5.74) is 2.81. The van der Waals surface area contributed by atoms with Crippen molar-refractivity contribution in [2.24, 2.45) is 0 Å². The summed E-state index contributed by atoms with van der Waals surface area (Å²) in [5.74, 6) is 0. The van der Waals surface area contributed by atoms with Crippen molar-refractivity contribution in [2.45, 2.75) is 37.8 Å². The van der Waals surface area contributed by atoms with Gasteiger partial charge in [-0.2, -0.15) is 0 Å². The van der Waals surface area contributed by atoms with Crippen molar-refractivity contribution in [2.75, 3.05) is 6.54 Å². The van der Waals surface area contributed by atoms with Crippen LogP contribution in [0.25, 0.3) is 0 Å². The molecule has 0 amide bonds. The number of rotatable bonds is 4. The Kier molecular flexibility index (Phi) is 4.04. The number of hydrogen-bond acceptors (Lipinski definition) is 3. The highest BCUT2D eigenvalue weighted by Gasteiger charge is 2.34. The Morgan fingerprint density at radius 3 is 2.81 bits per heavy atom. The first-order valence-electron chi connectivity index (χ1n) is 7.63. The number of pyridine rings is 1. The maximum absolute atomic E-state index is 11.0. The predicted octanol–water partition coefficient (Wildman–Crippen LogP) is 2.96. The monoisotopic (exact) mass is 282 g/mol. The van der Waals surface area contributed by atoms with Crippen LogP contribution in [0.1, 0.15) is 42.5 Å². The average Bonchev–Trinajstić information content (AvgIpc) is 2.54. The number of aryl methyl sites for hydroxylation is 1. The molecule has 3 nitrogen and oxygen atoms in total. The summed E-state index contributed by atoms with van der Waals surface area (Å²) in [4.78, 5) is 4.04. The number of fused-ring (bicyclic) bond motifs is 1. The quantitative estimate of drug-likeness (QED) is 0.906. The van der Waals surface area contributed by atoms with Crippen LogP contribution in [-0.2, 0) is 12.0 Å². The van der Waals surface area contributed by atoms with Crippen molar-refractivity contribution < 1.29 is 5.11 Å². The van der Waals surface area contributed by atoms with Crippen molar-refractivity contribution in [1.82, 2.24) is 10.3 Å². The summed E-state index contributed by atoms with van der Waals surface area (Å²) in [6.45, 7) is 2.70. The molecule has 0 bridgehead atoms. The lowest BCUT2D eigenvalue weighted by Gasteiger charge is -2.35. The average molecular weight is 282 g/mol. The Hall–Kier alpha value is -1.71. The first-order chi connectivity index (χ1) is 10.2. The summed E-state index contributed by atoms with van der Waals surface area (Å²) in [6, 6.07) is 12.5. The number of aliphatic hydroxyl groups is 1. The fourth-order valence-corrected chi connectivity index (χ4v) is 3.17. The molecular weight excluding hydrogens is 260 g/mol. The molecule has 1 aliphatic carbocycles. The Morgan fingerprint density at radius 1 is 1.24 bits per heavy atom. The standard InChI is InChI=1S/C18H22N2O/c1-14(15-8-11-19-12-9-15)20-13-18(21)10-4-6-16-5-2-3-7-17(16)18/h2-3,5,7-9,11-12,14,20-21H,4,6,10,13H2,1H3/t14-,18+/m0/s1. The van der Waals surface area contributed by atoms with Gasteiger partial charge in [0, 0.05) is 25.0 Å². The van der Waals surface area contributed by atoms with Crippen LogP contribution >= 0.6 is 0 Å². The van der Waals surface area contributed by atoms with Crippen LogP contribution in [0.5, 0.6) is 0 Å². The van der Waals surface area contributed by atoms with Crippen LogP contribution in [0.3, 0.4) is 0 Å². The minimum absolute atomic E-state index is 0.200. The van der Waals surface area contributed by atoms with Crippen LogP contribution in [0, 0.1) is 0 Å². The highest BCUT2D eigenvalue weighted by molar-refractivity contribution is 5.35. The van der Waals surface area contributed by atoms with Crippen LogP contribution in [0.4, 0.5) is 0 Å². The fourth-order valence-electron chi connectivity index (χ4n) is 3.17. The normalized spacial score (nSPS) is 22.6. The Labute approximate surface area is 126 Å². The molecule has 0 aliphatic heterocycles. The maximum atomic E-state index is 11.0. The molecule has 2 atom stereocenters. The van der Waals surface area contributed by atoms with Crippen LogP contribution < -0.4 is 5.32 Å². The van der Waals surface area contributed by atoms with E-state index in [1.165, 1.54) is 11.1 Å². The van der Waals surface area contributed by atoms with E-state index in [0.717, 1.165) is 24.8 Å². The van der Waals surface area contributed by atoms with Gasteiger partial charge in [-0.15, -0.1) is 0 Å². The molecule has 3 rings (SSSR count). The molecule has 0 fully saturated rings. The highest BCUT2D eigenvalue weighted by Crippen LogP contribution is 2.35. The fraction of sp³-hybridized carbons (Fsp3) is 0.389. The first kappa shape index (κ1) is 14.2. The lowest BCUT2D eigenvalue weighted by Crippen LogP contribution is -2.41. The number of benzene rings is 1. The summed E-state index contributed by atoms with van der Waals surface area (Å²) < 4.78 is 0. The SMILES string of the molecule is C[C@H](NC[C@]1(O)CCCc2ccccc21)c1ccncc1. The van der Waals surface area contributed by atoms with Crippen molar-refractivity contribution in [1.29, 1.82) is 0 Å². The first-order valence-corrected chi connectivity index (χ1v) is 7.63. The van der Waals surface area contributed by atoms with Crippen molar-refractivity contribution >= 4 is 0 Å². The molecule has 21 heavy (non-hydrogen) atoms. The molecule has 110 valence electrons. The minimum atomic E-state index is -0.754. The summed E-state index contributed by atoms with van der Waals surface area (Å²) >= 11 is 0. The number of aromatic nitrogens is 1. The van der Waals surface area contributed by atoms with E-state index in [4.69, 9.17) is 0 Å². The Balaban J connectivity index is 1.73. The van der Waals surface area contributed by atoms with E-state index in [-0.39, 0.29) is 6.04 Å². The lowest BCUT2D eigenvalue weighted by atomic mass is 9.79. The zero-order chi connectivity index (χ0) is 14.7. The molecule has 0 spiro atoms. The van der Waals surface area contributed by atoms with Gasteiger partial charge in [0.2, 0.25) is 0 Å². The molecule has 0 unspecified atom stereocenters. The van der Waals surface area contributed by atoms with E-state index >= 15 is 0 Å². The number of nitrogens with zero attached hydrogens (tertiary/aromatic N) is 1. The van der Waals surface area contributed by atoms with Gasteiger partial charge in [-0.1, -0.05) is 24.3 Å². The molecule has 0 saturated carbocycles. The third-order valence-corrected chi connectivity index (χ3v) is 4.46. The number of hydrogen-bond donors (Lipinski definition) is 2. The van der Waals surface area contributed by atoms with Gasteiger partial charge in [-0.25, -0.2) is 0 Å². The second-order valence-electron chi connectivity index (χ2n) is 5.93. The Bertz CT molecular complexity index is 599. The zero-order valence-corrected chi connectivity index (χ0v) is 12.4. The molecule has 1 heterocycles. The van der Waals surface area contributed by atoms with E-state index < -0.39 is 5.60 Å². The topological polar surface area (TPSA) is 45.1 Å². The Morgan fingerprint density at radius 2 is 2.00 bits per heavy atom. The molecule has 3 heteroatoms. The van der Waals surface area contributed by atoms with Crippen molar-refractivity contribution in [3.8, 4) is 0 Å². The predicted molar refractivity (Wildman–Crippen MR) is 83.9 cm³/mol. The molecule has 2 aromatic rings. The van der Waals surface area contributed by atoms with Crippen molar-refractivity contribution in [3.63, 3.8) is 0 Å². The van der Waals surface area contributed by atoms with Crippen LogP contribution in [0.15, 0.2) is 48.8 Å². The van der Waals surface area contributed by atoms with E-state index in [0.29, 0.717) is 6.54 Å². The maximum Gasteiger partial charge on any atom is 0.102 e. The van der Waals surface area contributed by atoms with Crippen LogP contribution in [0.2, 0.25) is 0 Å². The lowest BCUT2D eigenvalue weighted by molar-refractivity contribution is 0.0170. The highest BCUT2D eigenvalue weighted by atomic mass is 16.3. The molecule has 2 N–H and O–H groups in total. The summed E-state index contributed by atoms with van der Waals surface area (Å²) in [6.07, 6.45) is 6.54. The van der Waals surface area contributed by atoms with Gasteiger partial charge in [-0.3, -0.25) is 4.98 Å². The third kappa shape index (κ3) is 2.99. The number of nitrogens with one attached hydrogen (secondary N) is 1. The molecule has 0 radical (unpaired) electrons. The molecule has 1 aromatic carbocycles. The minimum Gasteiger partial charge on any atom is -0.384 e. The molecule has 1 aromatic heterocycles. The second kappa shape index (κ2) is 5.96. The van der Waals surface area contributed by atoms with E-state index in [1.807, 2.05) is 18.2 Å². The summed E-state index contributed by atoms with van der Waals surface area (Å²) in [7, 11) is 0. The van der Waals surface area contributed by atoms with Gasteiger partial charge in [-0.05, 0) is 55.0 Å². The largest absolute Gasteiger partial charge is 0.384 e. The smallest absolute Gasteiger partial charge is 0.102 e. The van der Waals surface area contributed by atoms with E-state index in [9.17, 15) is 5.11 Å². The van der Waals surface area contributed by atoms with Gasteiger partial charge >= 0.3 is 0 Å². The molecule has 0 saturated heterocycles. The van der Waals surface area contributed by atoms with E-state index in [2.05, 4.69) is 35.4 Å². The van der Waals surface area contributed by atoms with Crippen molar-refractivity contribution in [3.05, 3.63) is 65.5 Å². The molecular formula is C18H22N2O. The van der Waals surface area contributed by atoms with Crippen LogP contribution in [-0.4, -0.2) is 16.6 Å². The van der Waals surface area contributed by atoms with Gasteiger partial charge in [0.1, 0.15) is 5.60 Å². The zero-order valence-electron chi connectivity index (χ0n) is 12.4. The van der Waals surface area contributed by atoms with Gasteiger partial charge < -0.3 is 10.4 Å². The third-order valence-electron chi connectivity index (χ3n) is 4.46. The van der Waals surface area contributed by atoms with E-state index in [1.54, 1.807) is 12.4 Å². The molecule has 1 aliphatic rings. The summed E-state index contributed by atoms with van der Waals surface area (Å²) in [5, 5.41) is 14.5.